The first-order valence-corrected chi connectivity index (χ1v) is 5.34. The van der Waals surface area contributed by atoms with Gasteiger partial charge in [-0.25, -0.2) is 4.79 Å². The van der Waals surface area contributed by atoms with Gasteiger partial charge in [-0.15, -0.1) is 0 Å². The van der Waals surface area contributed by atoms with E-state index in [-0.39, 0.29) is 17.1 Å². The summed E-state index contributed by atoms with van der Waals surface area (Å²) in [6, 6.07) is 9.02. The Morgan fingerprint density at radius 2 is 1.44 bits per heavy atom. The lowest BCUT2D eigenvalue weighted by atomic mass is 10.0. The lowest BCUT2D eigenvalue weighted by molar-refractivity contribution is 0.0696. The lowest BCUT2D eigenvalue weighted by Gasteiger charge is -2.06. The molecular formula is C14H12O4. The zero-order valence-corrected chi connectivity index (χ0v) is 9.71. The molecule has 0 amide bonds. The summed E-state index contributed by atoms with van der Waals surface area (Å²) in [6.07, 6.45) is 0. The van der Waals surface area contributed by atoms with Crippen molar-refractivity contribution < 1.29 is 20.1 Å². The van der Waals surface area contributed by atoms with E-state index >= 15 is 0 Å². The first-order valence-electron chi connectivity index (χ1n) is 5.34. The summed E-state index contributed by atoms with van der Waals surface area (Å²) in [4.78, 5) is 10.9. The van der Waals surface area contributed by atoms with Crippen LogP contribution in [0.2, 0.25) is 0 Å². The smallest absolute Gasteiger partial charge is 0.335 e. The van der Waals surface area contributed by atoms with Gasteiger partial charge >= 0.3 is 5.97 Å². The molecule has 3 N–H and O–H groups in total. The van der Waals surface area contributed by atoms with Gasteiger partial charge in [-0.3, -0.25) is 0 Å². The van der Waals surface area contributed by atoms with E-state index in [1.165, 1.54) is 24.3 Å². The van der Waals surface area contributed by atoms with Crippen molar-refractivity contribution in [3.05, 3.63) is 47.5 Å². The van der Waals surface area contributed by atoms with Crippen molar-refractivity contribution in [1.82, 2.24) is 0 Å². The number of phenols is 2. The van der Waals surface area contributed by atoms with Crippen LogP contribution >= 0.6 is 0 Å². The van der Waals surface area contributed by atoms with E-state index in [1.807, 2.05) is 6.92 Å². The highest BCUT2D eigenvalue weighted by molar-refractivity contribution is 5.90. The molecule has 0 heterocycles. The van der Waals surface area contributed by atoms with Crippen molar-refractivity contribution >= 4 is 5.97 Å². The van der Waals surface area contributed by atoms with Crippen molar-refractivity contribution in [2.75, 3.05) is 0 Å². The maximum absolute atomic E-state index is 10.9. The zero-order valence-electron chi connectivity index (χ0n) is 9.71. The monoisotopic (exact) mass is 244 g/mol. The maximum Gasteiger partial charge on any atom is 0.335 e. The van der Waals surface area contributed by atoms with Crippen LogP contribution in [0.4, 0.5) is 0 Å². The first-order chi connectivity index (χ1) is 8.45. The summed E-state index contributed by atoms with van der Waals surface area (Å²) in [7, 11) is 0. The highest BCUT2D eigenvalue weighted by atomic mass is 16.4. The minimum Gasteiger partial charge on any atom is -0.508 e. The van der Waals surface area contributed by atoms with Crippen LogP contribution in [0.5, 0.6) is 11.5 Å². The third-order valence-corrected chi connectivity index (χ3v) is 2.56. The number of aromatic hydroxyl groups is 2. The van der Waals surface area contributed by atoms with Crippen molar-refractivity contribution in [3.8, 4) is 22.6 Å². The number of carboxylic acids is 1. The van der Waals surface area contributed by atoms with Gasteiger partial charge in [-0.1, -0.05) is 6.07 Å². The molecule has 0 spiro atoms. The maximum atomic E-state index is 10.9. The second-order valence-corrected chi connectivity index (χ2v) is 4.13. The third kappa shape index (κ3) is 2.43. The van der Waals surface area contributed by atoms with Crippen LogP contribution in [-0.2, 0) is 0 Å². The van der Waals surface area contributed by atoms with Gasteiger partial charge in [0.1, 0.15) is 11.5 Å². The molecule has 4 nitrogen and oxygen atoms in total. The zero-order chi connectivity index (χ0) is 13.3. The fourth-order valence-electron chi connectivity index (χ4n) is 1.83. The normalized spacial score (nSPS) is 10.3. The molecule has 0 aliphatic carbocycles. The Bertz CT molecular complexity index is 597. The van der Waals surface area contributed by atoms with Gasteiger partial charge < -0.3 is 15.3 Å². The molecule has 92 valence electrons. The molecule has 0 saturated carbocycles. The van der Waals surface area contributed by atoms with Crippen molar-refractivity contribution in [1.29, 1.82) is 0 Å². The Labute approximate surface area is 104 Å². The number of aromatic carboxylic acids is 1. The molecule has 2 aromatic rings. The fourth-order valence-corrected chi connectivity index (χ4v) is 1.83. The average Bonchev–Trinajstić information content (AvgIpc) is 2.26. The van der Waals surface area contributed by atoms with Crippen LogP contribution in [0.25, 0.3) is 11.1 Å². The predicted molar refractivity (Wildman–Crippen MR) is 66.9 cm³/mol. The minimum atomic E-state index is -1.11. The van der Waals surface area contributed by atoms with E-state index in [2.05, 4.69) is 0 Å². The van der Waals surface area contributed by atoms with Gasteiger partial charge in [0, 0.05) is 0 Å². The Hall–Kier alpha value is -2.49. The summed E-state index contributed by atoms with van der Waals surface area (Å²) in [5, 5.41) is 28.0. The Kier molecular flexibility index (Phi) is 2.93. The number of rotatable bonds is 2. The predicted octanol–water partition coefficient (Wildman–Crippen LogP) is 2.77. The van der Waals surface area contributed by atoms with Crippen LogP contribution in [-0.4, -0.2) is 21.3 Å². The van der Waals surface area contributed by atoms with Gasteiger partial charge in [0.25, 0.3) is 0 Å². The third-order valence-electron chi connectivity index (χ3n) is 2.56. The highest BCUT2D eigenvalue weighted by Gasteiger charge is 2.09. The van der Waals surface area contributed by atoms with E-state index in [9.17, 15) is 15.0 Å². The summed E-state index contributed by atoms with van der Waals surface area (Å²) < 4.78 is 0. The molecule has 0 saturated heterocycles. The topological polar surface area (TPSA) is 77.8 Å². The molecule has 0 radical (unpaired) electrons. The second kappa shape index (κ2) is 4.41. The van der Waals surface area contributed by atoms with Crippen molar-refractivity contribution in [2.45, 2.75) is 6.92 Å². The van der Waals surface area contributed by atoms with Gasteiger partial charge in [0.05, 0.1) is 5.56 Å². The van der Waals surface area contributed by atoms with Gasteiger partial charge in [0.2, 0.25) is 0 Å². The van der Waals surface area contributed by atoms with E-state index in [0.29, 0.717) is 11.1 Å². The fraction of sp³-hybridized carbons (Fsp3) is 0.0714. The van der Waals surface area contributed by atoms with Crippen molar-refractivity contribution in [3.63, 3.8) is 0 Å². The number of carbonyl (C=O) groups is 1. The summed E-state index contributed by atoms with van der Waals surface area (Å²) in [5.41, 5.74) is 2.06. The first kappa shape index (κ1) is 12.0. The summed E-state index contributed by atoms with van der Waals surface area (Å²) in [6.45, 7) is 1.82. The Balaban J connectivity index is 2.59. The highest BCUT2D eigenvalue weighted by Crippen LogP contribution is 2.29. The standard InChI is InChI=1S/C14H12O4/c1-8-2-9(5-12(15)3-8)10-4-11(14(17)18)7-13(16)6-10/h2-7,15-16H,1H3,(H,17,18). The van der Waals surface area contributed by atoms with Crippen LogP contribution < -0.4 is 0 Å². The van der Waals surface area contributed by atoms with E-state index in [1.54, 1.807) is 12.1 Å². The summed E-state index contributed by atoms with van der Waals surface area (Å²) in [5.74, 6) is -1.12. The quantitative estimate of drug-likeness (QED) is 0.759. The SMILES string of the molecule is Cc1cc(O)cc(-c2cc(O)cc(C(=O)O)c2)c1. The van der Waals surface area contributed by atoms with Gasteiger partial charge in [-0.05, 0) is 53.9 Å². The number of phenolic OH excluding ortho intramolecular Hbond substituents is 2. The largest absolute Gasteiger partial charge is 0.508 e. The molecule has 0 unspecified atom stereocenters. The van der Waals surface area contributed by atoms with Gasteiger partial charge in [-0.2, -0.15) is 0 Å². The van der Waals surface area contributed by atoms with Crippen molar-refractivity contribution in [2.24, 2.45) is 0 Å². The van der Waals surface area contributed by atoms with Crippen LogP contribution in [0.3, 0.4) is 0 Å². The molecular weight excluding hydrogens is 232 g/mol. The molecule has 0 aliphatic rings. The van der Waals surface area contributed by atoms with Crippen LogP contribution in [0.1, 0.15) is 15.9 Å². The number of carboxylic acid groups (broad SMARTS) is 1. The second-order valence-electron chi connectivity index (χ2n) is 4.13. The molecule has 18 heavy (non-hydrogen) atoms. The summed E-state index contributed by atoms with van der Waals surface area (Å²) >= 11 is 0. The molecule has 2 rings (SSSR count). The van der Waals surface area contributed by atoms with E-state index < -0.39 is 5.97 Å². The van der Waals surface area contributed by atoms with E-state index in [0.717, 1.165) is 5.56 Å². The molecule has 0 atom stereocenters. The Morgan fingerprint density at radius 1 is 0.889 bits per heavy atom. The number of hydrogen-bond donors (Lipinski definition) is 3. The minimum absolute atomic E-state index is 0.00555. The molecule has 0 fully saturated rings. The van der Waals surface area contributed by atoms with E-state index in [4.69, 9.17) is 5.11 Å². The average molecular weight is 244 g/mol. The number of aryl methyl sites for hydroxylation is 1. The molecule has 0 bridgehead atoms. The number of benzene rings is 2. The molecule has 4 heteroatoms. The van der Waals surface area contributed by atoms with Crippen LogP contribution in [0, 0.1) is 6.92 Å². The lowest BCUT2D eigenvalue weighted by Crippen LogP contribution is -1.96. The molecule has 0 aliphatic heterocycles. The number of hydrogen-bond acceptors (Lipinski definition) is 3. The Morgan fingerprint density at radius 3 is 2.00 bits per heavy atom. The molecule has 0 aromatic heterocycles. The van der Waals surface area contributed by atoms with Gasteiger partial charge in [0.15, 0.2) is 0 Å². The molecule has 2 aromatic carbocycles. The van der Waals surface area contributed by atoms with Crippen LogP contribution in [0.15, 0.2) is 36.4 Å².